The lowest BCUT2D eigenvalue weighted by Crippen LogP contribution is -2.55. The maximum atomic E-state index is 12.0. The van der Waals surface area contributed by atoms with Crippen LogP contribution in [0, 0.1) is 0 Å². The predicted octanol–water partition coefficient (Wildman–Crippen LogP) is 1.29. The fourth-order valence-electron chi connectivity index (χ4n) is 2.76. The van der Waals surface area contributed by atoms with Gasteiger partial charge in [0.05, 0.1) is 6.10 Å². The van der Waals surface area contributed by atoms with Crippen LogP contribution >= 0.6 is 0 Å². The number of carbonyl (C=O) groups is 1. The van der Waals surface area contributed by atoms with Crippen molar-refractivity contribution in [3.63, 3.8) is 0 Å². The quantitative estimate of drug-likeness (QED) is 0.800. The summed E-state index contributed by atoms with van der Waals surface area (Å²) in [5.41, 5.74) is -0.495. The Hall–Kier alpha value is -0.850. The summed E-state index contributed by atoms with van der Waals surface area (Å²) in [4.78, 5) is 16.4. The van der Waals surface area contributed by atoms with Crippen LogP contribution in [-0.2, 0) is 4.74 Å². The van der Waals surface area contributed by atoms with Crippen molar-refractivity contribution in [3.05, 3.63) is 0 Å². The van der Waals surface area contributed by atoms with E-state index in [1.807, 2.05) is 34.9 Å². The third-order valence-corrected chi connectivity index (χ3v) is 3.96. The van der Waals surface area contributed by atoms with E-state index < -0.39 is 5.60 Å². The highest BCUT2D eigenvalue weighted by Gasteiger charge is 2.34. The Morgan fingerprint density at radius 2 is 1.86 bits per heavy atom. The van der Waals surface area contributed by atoms with E-state index in [1.54, 1.807) is 0 Å². The van der Waals surface area contributed by atoms with Crippen LogP contribution in [0.3, 0.4) is 0 Å². The van der Waals surface area contributed by atoms with Crippen molar-refractivity contribution in [3.8, 4) is 0 Å². The van der Waals surface area contributed by atoms with Crippen LogP contribution in [0.4, 0.5) is 4.79 Å². The smallest absolute Gasteiger partial charge is 0.407 e. The van der Waals surface area contributed by atoms with Crippen molar-refractivity contribution in [2.75, 3.05) is 34.2 Å². The molecular weight excluding hydrogens is 282 g/mol. The lowest BCUT2D eigenvalue weighted by atomic mass is 9.87. The predicted molar refractivity (Wildman–Crippen MR) is 88.0 cm³/mol. The van der Waals surface area contributed by atoms with Crippen LogP contribution in [0.1, 0.15) is 40.0 Å². The molecule has 0 aliphatic heterocycles. The summed E-state index contributed by atoms with van der Waals surface area (Å²) in [5, 5.41) is 13.0. The second-order valence-electron chi connectivity index (χ2n) is 7.57. The Kier molecular flexibility index (Phi) is 7.09. The third-order valence-electron chi connectivity index (χ3n) is 3.96. The maximum absolute atomic E-state index is 12.0. The van der Waals surface area contributed by atoms with Crippen LogP contribution < -0.4 is 5.32 Å². The Morgan fingerprint density at radius 1 is 1.23 bits per heavy atom. The molecule has 0 spiro atoms. The molecular formula is C16H33N3O3. The molecule has 6 heteroatoms. The zero-order valence-electron chi connectivity index (χ0n) is 14.9. The normalized spacial score (nSPS) is 26.3. The Labute approximate surface area is 134 Å². The number of amides is 1. The third kappa shape index (κ3) is 6.94. The molecule has 0 bridgehead atoms. The van der Waals surface area contributed by atoms with Crippen LogP contribution in [0.25, 0.3) is 0 Å². The molecule has 3 unspecified atom stereocenters. The zero-order valence-corrected chi connectivity index (χ0v) is 14.9. The van der Waals surface area contributed by atoms with Gasteiger partial charge in [0, 0.05) is 25.2 Å². The van der Waals surface area contributed by atoms with Gasteiger partial charge in [-0.3, -0.25) is 0 Å². The average Bonchev–Trinajstić information content (AvgIpc) is 2.35. The van der Waals surface area contributed by atoms with Crippen molar-refractivity contribution < 1.29 is 14.6 Å². The maximum Gasteiger partial charge on any atom is 0.407 e. The standard InChI is InChI=1S/C16H33N3O3/c1-16(2,3)22-15(21)17-13-8-7-12(20)11-14(13)19(6)10-9-18(4)5/h12-14,20H,7-11H2,1-6H3,(H,17,21). The first-order valence-corrected chi connectivity index (χ1v) is 8.11. The molecule has 1 amide bonds. The number of nitrogens with zero attached hydrogens (tertiary/aromatic N) is 2. The molecule has 0 radical (unpaired) electrons. The SMILES string of the molecule is CN(C)CCN(C)C1CC(O)CCC1NC(=O)OC(C)(C)C. The summed E-state index contributed by atoms with van der Waals surface area (Å²) in [7, 11) is 6.13. The number of carbonyl (C=O) groups excluding carboxylic acids is 1. The lowest BCUT2D eigenvalue weighted by molar-refractivity contribution is 0.0277. The van der Waals surface area contributed by atoms with Gasteiger partial charge in [0.25, 0.3) is 0 Å². The number of hydrogen-bond donors (Lipinski definition) is 2. The first-order chi connectivity index (χ1) is 10.1. The number of likely N-dealkylation sites (N-methyl/N-ethyl adjacent to an activating group) is 2. The molecule has 130 valence electrons. The highest BCUT2D eigenvalue weighted by atomic mass is 16.6. The van der Waals surface area contributed by atoms with E-state index in [2.05, 4.69) is 22.2 Å². The van der Waals surface area contributed by atoms with Gasteiger partial charge in [0.1, 0.15) is 5.60 Å². The average molecular weight is 315 g/mol. The molecule has 22 heavy (non-hydrogen) atoms. The molecule has 0 aromatic carbocycles. The summed E-state index contributed by atoms with van der Waals surface area (Å²) < 4.78 is 5.35. The summed E-state index contributed by atoms with van der Waals surface area (Å²) in [5.74, 6) is 0. The molecule has 0 heterocycles. The highest BCUT2D eigenvalue weighted by molar-refractivity contribution is 5.68. The van der Waals surface area contributed by atoms with Crippen LogP contribution in [-0.4, -0.2) is 79.0 Å². The van der Waals surface area contributed by atoms with E-state index in [-0.39, 0.29) is 24.3 Å². The van der Waals surface area contributed by atoms with Gasteiger partial charge in [-0.1, -0.05) is 0 Å². The van der Waals surface area contributed by atoms with Gasteiger partial charge in [-0.05, 0) is 61.2 Å². The van der Waals surface area contributed by atoms with Crippen molar-refractivity contribution in [2.24, 2.45) is 0 Å². The minimum atomic E-state index is -0.495. The number of nitrogens with one attached hydrogen (secondary N) is 1. The van der Waals surface area contributed by atoms with Gasteiger partial charge in [0.15, 0.2) is 0 Å². The Bertz CT molecular complexity index is 355. The monoisotopic (exact) mass is 315 g/mol. The zero-order chi connectivity index (χ0) is 16.9. The number of aliphatic hydroxyl groups is 1. The topological polar surface area (TPSA) is 65.0 Å². The van der Waals surface area contributed by atoms with Gasteiger partial charge in [-0.25, -0.2) is 4.79 Å². The Balaban J connectivity index is 2.62. The first kappa shape index (κ1) is 19.2. The molecule has 2 N–H and O–H groups in total. The fourth-order valence-corrected chi connectivity index (χ4v) is 2.76. The van der Waals surface area contributed by atoms with Crippen molar-refractivity contribution in [1.29, 1.82) is 0 Å². The highest BCUT2D eigenvalue weighted by Crippen LogP contribution is 2.23. The van der Waals surface area contributed by atoms with E-state index in [4.69, 9.17) is 4.74 Å². The van der Waals surface area contributed by atoms with E-state index in [1.165, 1.54) is 0 Å². The molecule has 3 atom stereocenters. The minimum absolute atomic E-state index is 0.0189. The van der Waals surface area contributed by atoms with Crippen molar-refractivity contribution >= 4 is 6.09 Å². The molecule has 1 aliphatic rings. The second kappa shape index (κ2) is 8.13. The van der Waals surface area contributed by atoms with Gasteiger partial charge in [-0.2, -0.15) is 0 Å². The minimum Gasteiger partial charge on any atom is -0.444 e. The number of alkyl carbamates (subject to hydrolysis) is 1. The summed E-state index contributed by atoms with van der Waals surface area (Å²) in [6.07, 6.45) is 1.52. The fraction of sp³-hybridized carbons (Fsp3) is 0.938. The summed E-state index contributed by atoms with van der Waals surface area (Å²) in [6.45, 7) is 7.42. The molecule has 6 nitrogen and oxygen atoms in total. The molecule has 0 aromatic rings. The summed E-state index contributed by atoms with van der Waals surface area (Å²) in [6, 6.07) is 0.154. The number of rotatable bonds is 5. The van der Waals surface area contributed by atoms with E-state index in [9.17, 15) is 9.90 Å². The van der Waals surface area contributed by atoms with Gasteiger partial charge >= 0.3 is 6.09 Å². The lowest BCUT2D eigenvalue weighted by Gasteiger charge is -2.40. The molecule has 1 fully saturated rings. The molecule has 1 rings (SSSR count). The molecule has 0 saturated heterocycles. The van der Waals surface area contributed by atoms with Crippen molar-refractivity contribution in [1.82, 2.24) is 15.1 Å². The molecule has 0 aromatic heterocycles. The van der Waals surface area contributed by atoms with Crippen LogP contribution in [0.2, 0.25) is 0 Å². The van der Waals surface area contributed by atoms with Gasteiger partial charge < -0.3 is 25.0 Å². The van der Waals surface area contributed by atoms with E-state index in [0.717, 1.165) is 25.9 Å². The number of aliphatic hydroxyl groups excluding tert-OH is 1. The second-order valence-corrected chi connectivity index (χ2v) is 7.57. The number of hydrogen-bond acceptors (Lipinski definition) is 5. The Morgan fingerprint density at radius 3 is 2.41 bits per heavy atom. The van der Waals surface area contributed by atoms with E-state index >= 15 is 0 Å². The largest absolute Gasteiger partial charge is 0.444 e. The molecule has 1 aliphatic carbocycles. The van der Waals surface area contributed by atoms with Gasteiger partial charge in [0.2, 0.25) is 0 Å². The van der Waals surface area contributed by atoms with E-state index in [0.29, 0.717) is 6.42 Å². The van der Waals surface area contributed by atoms with Crippen LogP contribution in [0.5, 0.6) is 0 Å². The van der Waals surface area contributed by atoms with Crippen LogP contribution in [0.15, 0.2) is 0 Å². The first-order valence-electron chi connectivity index (χ1n) is 8.11. The summed E-state index contributed by atoms with van der Waals surface area (Å²) >= 11 is 0. The van der Waals surface area contributed by atoms with Crippen molar-refractivity contribution in [2.45, 2.75) is 63.8 Å². The molecule has 1 saturated carbocycles. The number of ether oxygens (including phenoxy) is 1. The van der Waals surface area contributed by atoms with Gasteiger partial charge in [-0.15, -0.1) is 0 Å².